The zero-order chi connectivity index (χ0) is 18.8. The van der Waals surface area contributed by atoms with Gasteiger partial charge in [0, 0.05) is 38.6 Å². The summed E-state index contributed by atoms with van der Waals surface area (Å²) in [6.45, 7) is 4.45. The van der Waals surface area contributed by atoms with E-state index in [0.29, 0.717) is 31.0 Å². The molecule has 2 aromatic rings. The Labute approximate surface area is 157 Å². The molecule has 0 bridgehead atoms. The number of nitrogens with one attached hydrogen (secondary N) is 2. The second-order valence-corrected chi connectivity index (χ2v) is 6.97. The molecule has 2 atom stereocenters. The Morgan fingerprint density at radius 3 is 2.59 bits per heavy atom. The van der Waals surface area contributed by atoms with E-state index < -0.39 is 0 Å². The molecule has 2 N–H and O–H groups in total. The van der Waals surface area contributed by atoms with Crippen LogP contribution in [0.3, 0.4) is 0 Å². The highest BCUT2D eigenvalue weighted by atomic mass is 19.1. The number of benzene rings is 1. The van der Waals surface area contributed by atoms with Gasteiger partial charge in [-0.2, -0.15) is 0 Å². The molecule has 2 saturated heterocycles. The highest BCUT2D eigenvalue weighted by molar-refractivity contribution is 5.77. The van der Waals surface area contributed by atoms with Gasteiger partial charge in [0.05, 0.1) is 11.7 Å². The SMILES string of the molecule is Cc1ncnc(N2CCN(C3CC(=O)NNC3c3ccccc3)CC2)c1F. The molecule has 0 radical (unpaired) electrons. The molecule has 1 aromatic carbocycles. The molecule has 4 rings (SSSR count). The van der Waals surface area contributed by atoms with Gasteiger partial charge in [0.1, 0.15) is 6.33 Å². The van der Waals surface area contributed by atoms with Crippen LogP contribution in [-0.4, -0.2) is 53.0 Å². The van der Waals surface area contributed by atoms with Crippen molar-refractivity contribution in [2.24, 2.45) is 0 Å². The number of hydrogen-bond donors (Lipinski definition) is 2. The van der Waals surface area contributed by atoms with Gasteiger partial charge < -0.3 is 4.90 Å². The van der Waals surface area contributed by atoms with E-state index in [1.165, 1.54) is 6.33 Å². The number of rotatable bonds is 3. The molecule has 27 heavy (non-hydrogen) atoms. The Balaban J connectivity index is 1.48. The maximum Gasteiger partial charge on any atom is 0.235 e. The summed E-state index contributed by atoms with van der Waals surface area (Å²) in [5, 5.41) is 0. The first-order valence-electron chi connectivity index (χ1n) is 9.19. The first-order chi connectivity index (χ1) is 13.1. The summed E-state index contributed by atoms with van der Waals surface area (Å²) >= 11 is 0. The monoisotopic (exact) mass is 370 g/mol. The second kappa shape index (κ2) is 7.58. The van der Waals surface area contributed by atoms with E-state index >= 15 is 0 Å². The number of carbonyl (C=O) groups excluding carboxylic acids is 1. The number of halogens is 1. The largest absolute Gasteiger partial charge is 0.352 e. The number of aryl methyl sites for hydroxylation is 1. The molecule has 7 nitrogen and oxygen atoms in total. The third-order valence-corrected chi connectivity index (χ3v) is 5.33. The van der Waals surface area contributed by atoms with E-state index in [2.05, 4.69) is 37.9 Å². The molecule has 142 valence electrons. The van der Waals surface area contributed by atoms with Gasteiger partial charge in [0.15, 0.2) is 11.6 Å². The van der Waals surface area contributed by atoms with Crippen LogP contribution in [0.2, 0.25) is 0 Å². The van der Waals surface area contributed by atoms with E-state index in [4.69, 9.17) is 0 Å². The minimum absolute atomic E-state index is 0.00733. The van der Waals surface area contributed by atoms with Crippen LogP contribution in [0.15, 0.2) is 36.7 Å². The zero-order valence-electron chi connectivity index (χ0n) is 15.2. The number of hydrazine groups is 1. The molecule has 1 amide bonds. The van der Waals surface area contributed by atoms with Crippen LogP contribution in [-0.2, 0) is 4.79 Å². The number of hydrogen-bond acceptors (Lipinski definition) is 6. The van der Waals surface area contributed by atoms with Crippen LogP contribution in [0.4, 0.5) is 10.2 Å². The van der Waals surface area contributed by atoms with Gasteiger partial charge in [-0.05, 0) is 12.5 Å². The minimum atomic E-state index is -0.355. The standard InChI is InChI=1S/C19H23FN6O/c1-13-17(20)19(22-12-21-13)26-9-7-25(8-10-26)15-11-16(27)23-24-18(15)14-5-3-2-4-6-14/h2-6,12,15,18,24H,7-11H2,1H3,(H,23,27). The van der Waals surface area contributed by atoms with Crippen molar-refractivity contribution in [2.75, 3.05) is 31.1 Å². The molecule has 0 saturated carbocycles. The van der Waals surface area contributed by atoms with Crippen LogP contribution >= 0.6 is 0 Å². The van der Waals surface area contributed by atoms with Crippen molar-refractivity contribution in [3.63, 3.8) is 0 Å². The summed E-state index contributed by atoms with van der Waals surface area (Å²) in [6.07, 6.45) is 1.84. The summed E-state index contributed by atoms with van der Waals surface area (Å²) in [5.41, 5.74) is 7.41. The Bertz CT molecular complexity index is 809. The van der Waals surface area contributed by atoms with Crippen LogP contribution < -0.4 is 15.8 Å². The first kappa shape index (κ1) is 17.8. The van der Waals surface area contributed by atoms with Crippen LogP contribution in [0.1, 0.15) is 23.7 Å². The summed E-state index contributed by atoms with van der Waals surface area (Å²) in [4.78, 5) is 24.3. The van der Waals surface area contributed by atoms with Crippen molar-refractivity contribution in [1.29, 1.82) is 0 Å². The van der Waals surface area contributed by atoms with E-state index in [0.717, 1.165) is 18.7 Å². The molecule has 2 fully saturated rings. The molecule has 2 aliphatic rings. The third-order valence-electron chi connectivity index (χ3n) is 5.33. The normalized spacial score (nSPS) is 23.9. The van der Waals surface area contributed by atoms with Crippen molar-refractivity contribution in [3.05, 3.63) is 53.7 Å². The highest BCUT2D eigenvalue weighted by Crippen LogP contribution is 2.27. The number of carbonyl (C=O) groups is 1. The van der Waals surface area contributed by atoms with Gasteiger partial charge in [0.2, 0.25) is 5.91 Å². The molecule has 8 heteroatoms. The maximum absolute atomic E-state index is 14.3. The summed E-state index contributed by atoms with van der Waals surface area (Å²) in [6, 6.07) is 10.2. The number of anilines is 1. The number of amides is 1. The predicted octanol–water partition coefficient (Wildman–Crippen LogP) is 1.18. The van der Waals surface area contributed by atoms with E-state index in [9.17, 15) is 9.18 Å². The molecular formula is C19H23FN6O. The summed E-state index contributed by atoms with van der Waals surface area (Å²) < 4.78 is 14.3. The average Bonchev–Trinajstić information content (AvgIpc) is 2.71. The van der Waals surface area contributed by atoms with Crippen molar-refractivity contribution < 1.29 is 9.18 Å². The summed E-state index contributed by atoms with van der Waals surface area (Å²) in [5.74, 6) is 0.000162. The quantitative estimate of drug-likeness (QED) is 0.845. The van der Waals surface area contributed by atoms with Gasteiger partial charge in [0.25, 0.3) is 0 Å². The Morgan fingerprint density at radius 2 is 1.85 bits per heavy atom. The van der Waals surface area contributed by atoms with E-state index in [-0.39, 0.29) is 23.8 Å². The first-order valence-corrected chi connectivity index (χ1v) is 9.19. The minimum Gasteiger partial charge on any atom is -0.352 e. The maximum atomic E-state index is 14.3. The Morgan fingerprint density at radius 1 is 1.11 bits per heavy atom. The fraction of sp³-hybridized carbons (Fsp3) is 0.421. The van der Waals surface area contributed by atoms with Crippen LogP contribution in [0.25, 0.3) is 0 Å². The summed E-state index contributed by atoms with van der Waals surface area (Å²) in [7, 11) is 0. The van der Waals surface area contributed by atoms with Gasteiger partial charge in [-0.1, -0.05) is 30.3 Å². The van der Waals surface area contributed by atoms with Crippen molar-refractivity contribution >= 4 is 11.7 Å². The van der Waals surface area contributed by atoms with Crippen LogP contribution in [0, 0.1) is 12.7 Å². The van der Waals surface area contributed by atoms with E-state index in [1.54, 1.807) is 6.92 Å². The lowest BCUT2D eigenvalue weighted by molar-refractivity contribution is -0.126. The molecule has 1 aromatic heterocycles. The number of aromatic nitrogens is 2. The fourth-order valence-electron chi connectivity index (χ4n) is 3.85. The fourth-order valence-corrected chi connectivity index (χ4v) is 3.85. The molecule has 2 unspecified atom stereocenters. The van der Waals surface area contributed by atoms with Crippen molar-refractivity contribution in [3.8, 4) is 0 Å². The van der Waals surface area contributed by atoms with Gasteiger partial charge >= 0.3 is 0 Å². The molecule has 0 aliphatic carbocycles. The van der Waals surface area contributed by atoms with Crippen molar-refractivity contribution in [1.82, 2.24) is 25.7 Å². The number of piperazine rings is 1. The lowest BCUT2D eigenvalue weighted by atomic mass is 9.93. The third kappa shape index (κ3) is 3.63. The second-order valence-electron chi connectivity index (χ2n) is 6.97. The lowest BCUT2D eigenvalue weighted by Gasteiger charge is -2.44. The molecular weight excluding hydrogens is 347 g/mol. The molecule has 2 aliphatic heterocycles. The van der Waals surface area contributed by atoms with Crippen molar-refractivity contribution in [2.45, 2.75) is 25.4 Å². The van der Waals surface area contributed by atoms with Crippen LogP contribution in [0.5, 0.6) is 0 Å². The predicted molar refractivity (Wildman–Crippen MR) is 99.4 cm³/mol. The Hall–Kier alpha value is -2.58. The topological polar surface area (TPSA) is 73.4 Å². The lowest BCUT2D eigenvalue weighted by Crippen LogP contribution is -2.60. The smallest absolute Gasteiger partial charge is 0.235 e. The average molecular weight is 370 g/mol. The Kier molecular flexibility index (Phi) is 5.00. The highest BCUT2D eigenvalue weighted by Gasteiger charge is 2.36. The van der Waals surface area contributed by atoms with E-state index in [1.807, 2.05) is 23.1 Å². The van der Waals surface area contributed by atoms with Gasteiger partial charge in [-0.3, -0.25) is 15.1 Å². The zero-order valence-corrected chi connectivity index (χ0v) is 15.2. The van der Waals surface area contributed by atoms with Gasteiger partial charge in [-0.15, -0.1) is 0 Å². The molecule has 3 heterocycles. The van der Waals surface area contributed by atoms with Gasteiger partial charge in [-0.25, -0.2) is 19.8 Å². The number of nitrogens with zero attached hydrogens (tertiary/aromatic N) is 4. The molecule has 0 spiro atoms.